The fourth-order valence-electron chi connectivity index (χ4n) is 1.35. The van der Waals surface area contributed by atoms with Crippen molar-refractivity contribution in [3.05, 3.63) is 35.4 Å². The lowest BCUT2D eigenvalue weighted by molar-refractivity contribution is -0.0484. The maximum absolute atomic E-state index is 13.3. The van der Waals surface area contributed by atoms with E-state index in [9.17, 15) is 13.9 Å². The fraction of sp³-hybridized carbons (Fsp3) is 0.538. The molecule has 0 radical (unpaired) electrons. The van der Waals surface area contributed by atoms with Gasteiger partial charge in [-0.05, 0) is 32.4 Å². The summed E-state index contributed by atoms with van der Waals surface area (Å²) < 4.78 is 31.3. The molecule has 0 aromatic heterocycles. The molecule has 1 aromatic rings. The van der Waals surface area contributed by atoms with Crippen LogP contribution in [0, 0.1) is 11.6 Å². The van der Waals surface area contributed by atoms with Crippen molar-refractivity contribution in [2.75, 3.05) is 6.61 Å². The number of aliphatic hydroxyl groups excluding tert-OH is 1. The molecule has 0 aliphatic carbocycles. The van der Waals surface area contributed by atoms with E-state index in [1.165, 1.54) is 12.1 Å². The van der Waals surface area contributed by atoms with Gasteiger partial charge < -0.3 is 9.84 Å². The van der Waals surface area contributed by atoms with Gasteiger partial charge in [-0.25, -0.2) is 8.78 Å². The van der Waals surface area contributed by atoms with Crippen molar-refractivity contribution >= 4 is 0 Å². The zero-order chi connectivity index (χ0) is 13.1. The van der Waals surface area contributed by atoms with Crippen molar-refractivity contribution in [3.8, 4) is 0 Å². The molecule has 0 saturated heterocycles. The Bertz CT molecular complexity index is 372. The molecule has 0 aliphatic rings. The third-order valence-electron chi connectivity index (χ3n) is 2.18. The molecule has 4 heteroatoms. The lowest BCUT2D eigenvalue weighted by atomic mass is 10.1. The second kappa shape index (κ2) is 5.56. The normalized spacial score (nSPS) is 13.8. The van der Waals surface area contributed by atoms with Crippen LogP contribution in [0.4, 0.5) is 8.78 Å². The summed E-state index contributed by atoms with van der Waals surface area (Å²) in [7, 11) is 0. The predicted octanol–water partition coefficient (Wildman–Crippen LogP) is 2.68. The Morgan fingerprint density at radius 2 is 1.94 bits per heavy atom. The van der Waals surface area contributed by atoms with Gasteiger partial charge in [0.2, 0.25) is 0 Å². The second-order valence-corrected chi connectivity index (χ2v) is 5.02. The zero-order valence-corrected chi connectivity index (χ0v) is 10.3. The van der Waals surface area contributed by atoms with E-state index in [-0.39, 0.29) is 24.2 Å². The minimum atomic E-state index is -0.797. The Labute approximate surface area is 100 Å². The van der Waals surface area contributed by atoms with Gasteiger partial charge in [-0.15, -0.1) is 0 Å². The second-order valence-electron chi connectivity index (χ2n) is 5.02. The van der Waals surface area contributed by atoms with Gasteiger partial charge in [0.15, 0.2) is 0 Å². The van der Waals surface area contributed by atoms with Gasteiger partial charge in [0.05, 0.1) is 18.3 Å². The largest absolute Gasteiger partial charge is 0.390 e. The molecule has 1 atom stereocenters. The Hall–Kier alpha value is -1.00. The van der Waals surface area contributed by atoms with Crippen molar-refractivity contribution in [1.29, 1.82) is 0 Å². The molecule has 0 bridgehead atoms. The molecule has 2 nitrogen and oxygen atoms in total. The van der Waals surface area contributed by atoms with Crippen molar-refractivity contribution in [3.63, 3.8) is 0 Å². The molecule has 0 saturated carbocycles. The van der Waals surface area contributed by atoms with Crippen LogP contribution in [0.1, 0.15) is 26.3 Å². The first-order valence-corrected chi connectivity index (χ1v) is 5.54. The van der Waals surface area contributed by atoms with Crippen LogP contribution in [-0.4, -0.2) is 23.4 Å². The molecular formula is C13H18F2O2. The van der Waals surface area contributed by atoms with E-state index >= 15 is 0 Å². The Balaban J connectivity index is 2.53. The smallest absolute Gasteiger partial charge is 0.129 e. The molecule has 96 valence electrons. The summed E-state index contributed by atoms with van der Waals surface area (Å²) in [5.74, 6) is -1.26. The van der Waals surface area contributed by atoms with Crippen LogP contribution in [0.2, 0.25) is 0 Å². The maximum Gasteiger partial charge on any atom is 0.129 e. The summed E-state index contributed by atoms with van der Waals surface area (Å²) in [4.78, 5) is 0. The minimum absolute atomic E-state index is 0.113. The third-order valence-corrected chi connectivity index (χ3v) is 2.18. The van der Waals surface area contributed by atoms with E-state index in [4.69, 9.17) is 4.74 Å². The van der Waals surface area contributed by atoms with Gasteiger partial charge in [-0.3, -0.25) is 0 Å². The Morgan fingerprint density at radius 3 is 2.47 bits per heavy atom. The lowest BCUT2D eigenvalue weighted by Gasteiger charge is -2.22. The number of ether oxygens (including phenoxy) is 1. The van der Waals surface area contributed by atoms with Gasteiger partial charge in [-0.2, -0.15) is 0 Å². The zero-order valence-electron chi connectivity index (χ0n) is 10.3. The molecule has 0 heterocycles. The van der Waals surface area contributed by atoms with Crippen molar-refractivity contribution < 1.29 is 18.6 Å². The van der Waals surface area contributed by atoms with E-state index in [1.54, 1.807) is 0 Å². The first-order chi connectivity index (χ1) is 7.78. The Morgan fingerprint density at radius 1 is 1.29 bits per heavy atom. The molecular weight excluding hydrogens is 226 g/mol. The SMILES string of the molecule is CC(C)(C)OCC(O)Cc1ccc(F)cc1F. The summed E-state index contributed by atoms with van der Waals surface area (Å²) in [6, 6.07) is 3.33. The van der Waals surface area contributed by atoms with Crippen LogP contribution >= 0.6 is 0 Å². The van der Waals surface area contributed by atoms with Crippen LogP contribution in [0.5, 0.6) is 0 Å². The van der Waals surface area contributed by atoms with Crippen LogP contribution in [0.25, 0.3) is 0 Å². The van der Waals surface area contributed by atoms with E-state index < -0.39 is 17.7 Å². The number of rotatable bonds is 4. The first kappa shape index (κ1) is 14.1. The highest BCUT2D eigenvalue weighted by Crippen LogP contribution is 2.13. The highest BCUT2D eigenvalue weighted by atomic mass is 19.1. The molecule has 0 fully saturated rings. The standard InChI is InChI=1S/C13H18F2O2/c1-13(2,3)17-8-11(16)6-9-4-5-10(14)7-12(9)15/h4-5,7,11,16H,6,8H2,1-3H3. The van der Waals surface area contributed by atoms with Crippen LogP contribution < -0.4 is 0 Å². The molecule has 0 amide bonds. The van der Waals surface area contributed by atoms with Crippen LogP contribution in [0.3, 0.4) is 0 Å². The Kier molecular flexibility index (Phi) is 4.60. The predicted molar refractivity (Wildman–Crippen MR) is 61.8 cm³/mol. The van der Waals surface area contributed by atoms with E-state index in [0.717, 1.165) is 6.07 Å². The summed E-state index contributed by atoms with van der Waals surface area (Å²) in [6.45, 7) is 5.74. The average molecular weight is 244 g/mol. The lowest BCUT2D eigenvalue weighted by Crippen LogP contribution is -2.27. The van der Waals surface area contributed by atoms with Crippen LogP contribution in [0.15, 0.2) is 18.2 Å². The number of aliphatic hydroxyl groups is 1. The van der Waals surface area contributed by atoms with Gasteiger partial charge in [-0.1, -0.05) is 6.07 Å². The molecule has 0 spiro atoms. The number of benzene rings is 1. The molecule has 1 N–H and O–H groups in total. The van der Waals surface area contributed by atoms with Gasteiger partial charge in [0.25, 0.3) is 0 Å². The molecule has 17 heavy (non-hydrogen) atoms. The van der Waals surface area contributed by atoms with E-state index in [0.29, 0.717) is 0 Å². The molecule has 0 aliphatic heterocycles. The van der Waals surface area contributed by atoms with Gasteiger partial charge in [0.1, 0.15) is 11.6 Å². The van der Waals surface area contributed by atoms with Gasteiger partial charge in [0, 0.05) is 12.5 Å². The first-order valence-electron chi connectivity index (χ1n) is 5.54. The molecule has 1 aromatic carbocycles. The molecule has 1 unspecified atom stereocenters. The quantitative estimate of drug-likeness (QED) is 0.882. The monoisotopic (exact) mass is 244 g/mol. The van der Waals surface area contributed by atoms with Crippen molar-refractivity contribution in [1.82, 2.24) is 0 Å². The van der Waals surface area contributed by atoms with Crippen molar-refractivity contribution in [2.45, 2.75) is 38.9 Å². The fourth-order valence-corrected chi connectivity index (χ4v) is 1.35. The molecule has 1 rings (SSSR count). The summed E-state index contributed by atoms with van der Waals surface area (Å²) in [5.41, 5.74) is -0.0566. The third kappa shape index (κ3) is 5.24. The highest BCUT2D eigenvalue weighted by Gasteiger charge is 2.15. The number of hydrogen-bond acceptors (Lipinski definition) is 2. The average Bonchev–Trinajstić information content (AvgIpc) is 2.18. The summed E-state index contributed by atoms with van der Waals surface area (Å²) in [5, 5.41) is 9.67. The van der Waals surface area contributed by atoms with E-state index in [1.807, 2.05) is 20.8 Å². The summed E-state index contributed by atoms with van der Waals surface area (Å²) >= 11 is 0. The maximum atomic E-state index is 13.3. The topological polar surface area (TPSA) is 29.5 Å². The van der Waals surface area contributed by atoms with Crippen molar-refractivity contribution in [2.24, 2.45) is 0 Å². The highest BCUT2D eigenvalue weighted by molar-refractivity contribution is 5.19. The van der Waals surface area contributed by atoms with E-state index in [2.05, 4.69) is 0 Å². The number of halogens is 2. The van der Waals surface area contributed by atoms with Gasteiger partial charge >= 0.3 is 0 Å². The van der Waals surface area contributed by atoms with Crippen LogP contribution in [-0.2, 0) is 11.2 Å². The summed E-state index contributed by atoms with van der Waals surface area (Å²) in [6.07, 6.45) is -0.684. The minimum Gasteiger partial charge on any atom is -0.390 e. The number of hydrogen-bond donors (Lipinski definition) is 1.